The molecule has 1 aromatic heterocycles. The molecule has 2 aromatic rings. The third-order valence-electron chi connectivity index (χ3n) is 5.22. The van der Waals surface area contributed by atoms with Crippen molar-refractivity contribution in [2.75, 3.05) is 6.54 Å². The molecule has 7 heteroatoms. The Morgan fingerprint density at radius 3 is 2.67 bits per heavy atom. The van der Waals surface area contributed by atoms with Crippen molar-refractivity contribution in [3.63, 3.8) is 0 Å². The number of carbonyl (C=O) groups is 1. The van der Waals surface area contributed by atoms with E-state index in [-0.39, 0.29) is 17.0 Å². The van der Waals surface area contributed by atoms with Gasteiger partial charge in [0, 0.05) is 19.6 Å². The van der Waals surface area contributed by atoms with Gasteiger partial charge in [-0.05, 0) is 38.8 Å². The lowest BCUT2D eigenvalue weighted by molar-refractivity contribution is -0.133. The molecule has 0 N–H and O–H groups in total. The summed E-state index contributed by atoms with van der Waals surface area (Å²) in [5, 5.41) is 8.69. The van der Waals surface area contributed by atoms with Crippen LogP contribution in [-0.4, -0.2) is 43.4 Å². The van der Waals surface area contributed by atoms with Gasteiger partial charge in [0.2, 0.25) is 5.91 Å². The highest BCUT2D eigenvalue weighted by atomic mass is 32.2. The normalized spacial score (nSPS) is 16.3. The van der Waals surface area contributed by atoms with Gasteiger partial charge in [-0.15, -0.1) is 10.2 Å². The van der Waals surface area contributed by atoms with E-state index in [9.17, 15) is 9.18 Å². The molecule has 3 rings (SSSR count). The van der Waals surface area contributed by atoms with Crippen molar-refractivity contribution in [1.29, 1.82) is 0 Å². The predicted molar refractivity (Wildman–Crippen MR) is 106 cm³/mol. The molecule has 1 fully saturated rings. The fourth-order valence-corrected chi connectivity index (χ4v) is 4.61. The second-order valence-corrected chi connectivity index (χ2v) is 8.33. The van der Waals surface area contributed by atoms with Gasteiger partial charge in [-0.1, -0.05) is 43.2 Å². The molecule has 0 aliphatic heterocycles. The molecule has 0 radical (unpaired) electrons. The second kappa shape index (κ2) is 8.87. The third kappa shape index (κ3) is 4.34. The molecule has 1 aliphatic rings. The predicted octanol–water partition coefficient (Wildman–Crippen LogP) is 4.28. The summed E-state index contributed by atoms with van der Waals surface area (Å²) >= 11 is 1.38. The lowest BCUT2D eigenvalue weighted by Crippen LogP contribution is -2.44. The molecule has 1 saturated carbocycles. The van der Waals surface area contributed by atoms with Crippen molar-refractivity contribution in [3.05, 3.63) is 30.1 Å². The average molecular weight is 391 g/mol. The fourth-order valence-electron chi connectivity index (χ4n) is 3.72. The maximum Gasteiger partial charge on any atom is 0.236 e. The quantitative estimate of drug-likeness (QED) is 0.691. The molecule has 27 heavy (non-hydrogen) atoms. The van der Waals surface area contributed by atoms with Crippen LogP contribution >= 0.6 is 11.8 Å². The first-order valence-corrected chi connectivity index (χ1v) is 10.5. The van der Waals surface area contributed by atoms with Crippen molar-refractivity contribution in [1.82, 2.24) is 19.7 Å². The minimum absolute atomic E-state index is 0.143. The SMILES string of the molecule is CCN(C(=O)C(C)Sc1nnc(-c2ccccc2F)n1C)C1CCCCC1. The minimum atomic E-state index is -0.330. The third-order valence-corrected chi connectivity index (χ3v) is 6.34. The smallest absolute Gasteiger partial charge is 0.236 e. The number of rotatable bonds is 6. The van der Waals surface area contributed by atoms with E-state index in [1.807, 2.05) is 18.7 Å². The van der Waals surface area contributed by atoms with Crippen LogP contribution in [0.2, 0.25) is 0 Å². The Kier molecular flexibility index (Phi) is 6.52. The Morgan fingerprint density at radius 2 is 2.00 bits per heavy atom. The van der Waals surface area contributed by atoms with E-state index in [4.69, 9.17) is 0 Å². The first-order chi connectivity index (χ1) is 13.0. The van der Waals surface area contributed by atoms with Gasteiger partial charge in [0.25, 0.3) is 0 Å². The monoisotopic (exact) mass is 390 g/mol. The maximum absolute atomic E-state index is 14.1. The van der Waals surface area contributed by atoms with Crippen LogP contribution in [0.5, 0.6) is 0 Å². The first kappa shape index (κ1) is 19.9. The average Bonchev–Trinajstić information content (AvgIpc) is 3.04. The number of aromatic nitrogens is 3. The van der Waals surface area contributed by atoms with Gasteiger partial charge < -0.3 is 9.47 Å². The van der Waals surface area contributed by atoms with E-state index in [1.165, 1.54) is 37.1 Å². The van der Waals surface area contributed by atoms with E-state index in [0.717, 1.165) is 19.4 Å². The molecule has 1 atom stereocenters. The zero-order valence-corrected chi connectivity index (χ0v) is 17.0. The Balaban J connectivity index is 1.73. The zero-order chi connectivity index (χ0) is 19.4. The van der Waals surface area contributed by atoms with E-state index in [1.54, 1.807) is 29.8 Å². The molecule has 1 aromatic carbocycles. The van der Waals surface area contributed by atoms with Crippen molar-refractivity contribution < 1.29 is 9.18 Å². The van der Waals surface area contributed by atoms with Gasteiger partial charge in [-0.2, -0.15) is 0 Å². The highest BCUT2D eigenvalue weighted by molar-refractivity contribution is 8.00. The van der Waals surface area contributed by atoms with Crippen LogP contribution in [0.15, 0.2) is 29.4 Å². The highest BCUT2D eigenvalue weighted by Gasteiger charge is 2.29. The summed E-state index contributed by atoms with van der Waals surface area (Å²) in [6.07, 6.45) is 5.86. The number of halogens is 1. The van der Waals surface area contributed by atoms with Crippen LogP contribution in [0.3, 0.4) is 0 Å². The molecule has 1 heterocycles. The Morgan fingerprint density at radius 1 is 1.30 bits per heavy atom. The van der Waals surface area contributed by atoms with Crippen LogP contribution < -0.4 is 0 Å². The van der Waals surface area contributed by atoms with Crippen LogP contribution in [0, 0.1) is 5.82 Å². The number of hydrogen-bond acceptors (Lipinski definition) is 4. The Labute approximate surface area is 164 Å². The molecule has 1 aliphatic carbocycles. The van der Waals surface area contributed by atoms with Crippen molar-refractivity contribution >= 4 is 17.7 Å². The van der Waals surface area contributed by atoms with E-state index < -0.39 is 0 Å². The summed E-state index contributed by atoms with van der Waals surface area (Å²) in [6.45, 7) is 4.69. The molecule has 0 spiro atoms. The lowest BCUT2D eigenvalue weighted by Gasteiger charge is -2.35. The second-order valence-electron chi connectivity index (χ2n) is 7.02. The van der Waals surface area contributed by atoms with Gasteiger partial charge in [-0.3, -0.25) is 4.79 Å². The molecular weight excluding hydrogens is 363 g/mol. The number of nitrogens with zero attached hydrogens (tertiary/aromatic N) is 4. The largest absolute Gasteiger partial charge is 0.339 e. The summed E-state index contributed by atoms with van der Waals surface area (Å²) in [7, 11) is 1.81. The molecule has 146 valence electrons. The Hall–Kier alpha value is -1.89. The van der Waals surface area contributed by atoms with Gasteiger partial charge in [0.15, 0.2) is 11.0 Å². The van der Waals surface area contributed by atoms with E-state index in [0.29, 0.717) is 22.6 Å². The summed E-state index contributed by atoms with van der Waals surface area (Å²) in [5.41, 5.74) is 0.413. The van der Waals surface area contributed by atoms with Gasteiger partial charge in [-0.25, -0.2) is 4.39 Å². The fraction of sp³-hybridized carbons (Fsp3) is 0.550. The van der Waals surface area contributed by atoms with E-state index in [2.05, 4.69) is 10.2 Å². The number of thioether (sulfide) groups is 1. The van der Waals surface area contributed by atoms with Crippen LogP contribution in [-0.2, 0) is 11.8 Å². The number of hydrogen-bond donors (Lipinski definition) is 0. The highest BCUT2D eigenvalue weighted by Crippen LogP contribution is 2.29. The maximum atomic E-state index is 14.1. The molecule has 1 amide bonds. The number of benzene rings is 1. The Bertz CT molecular complexity index is 788. The molecule has 0 bridgehead atoms. The summed E-state index contributed by atoms with van der Waals surface area (Å²) in [5.74, 6) is 0.280. The van der Waals surface area contributed by atoms with Crippen molar-refractivity contribution in [2.45, 2.75) is 62.4 Å². The van der Waals surface area contributed by atoms with E-state index >= 15 is 0 Å². The van der Waals surface area contributed by atoms with Gasteiger partial charge >= 0.3 is 0 Å². The van der Waals surface area contributed by atoms with Crippen molar-refractivity contribution in [3.8, 4) is 11.4 Å². The molecule has 1 unspecified atom stereocenters. The molecule has 0 saturated heterocycles. The first-order valence-electron chi connectivity index (χ1n) is 9.64. The van der Waals surface area contributed by atoms with Crippen LogP contribution in [0.25, 0.3) is 11.4 Å². The summed E-state index contributed by atoms with van der Waals surface area (Å²) in [6, 6.07) is 6.87. The summed E-state index contributed by atoms with van der Waals surface area (Å²) in [4.78, 5) is 15.0. The van der Waals surface area contributed by atoms with Gasteiger partial charge in [0.1, 0.15) is 5.82 Å². The zero-order valence-electron chi connectivity index (χ0n) is 16.2. The topological polar surface area (TPSA) is 51.0 Å². The van der Waals surface area contributed by atoms with Crippen molar-refractivity contribution in [2.24, 2.45) is 7.05 Å². The standard InChI is InChI=1S/C20H27FN4OS/c1-4-25(15-10-6-5-7-11-15)19(26)14(2)27-20-23-22-18(24(20)3)16-12-8-9-13-17(16)21/h8-9,12-15H,4-7,10-11H2,1-3H3. The number of carbonyl (C=O) groups excluding carboxylic acids is 1. The minimum Gasteiger partial charge on any atom is -0.339 e. The van der Waals surface area contributed by atoms with Crippen LogP contribution in [0.1, 0.15) is 46.0 Å². The molecular formula is C20H27FN4OS. The van der Waals surface area contributed by atoms with Gasteiger partial charge in [0.05, 0.1) is 10.8 Å². The molecule has 5 nitrogen and oxygen atoms in total. The number of amides is 1. The summed E-state index contributed by atoms with van der Waals surface area (Å²) < 4.78 is 15.8. The lowest BCUT2D eigenvalue weighted by atomic mass is 9.94. The van der Waals surface area contributed by atoms with Crippen LogP contribution in [0.4, 0.5) is 4.39 Å².